The Bertz CT molecular complexity index is 1480. The Labute approximate surface area is 479 Å². The molecule has 4 nitrogen and oxygen atoms in total. The van der Waals surface area contributed by atoms with E-state index in [0.717, 1.165) is 71.9 Å². The van der Waals surface area contributed by atoms with Crippen LogP contribution in [0.5, 0.6) is 17.2 Å². The first kappa shape index (κ1) is 68.5. The summed E-state index contributed by atoms with van der Waals surface area (Å²) in [5.74, 6) is 2.63. The summed E-state index contributed by atoms with van der Waals surface area (Å²) in [5.41, 5.74) is 0. The van der Waals surface area contributed by atoms with E-state index in [-0.39, 0.29) is 0 Å². The molecular weight excluding hydrogens is 957 g/mol. The highest BCUT2D eigenvalue weighted by Crippen LogP contribution is 2.20. The Morgan fingerprint density at radius 2 is 0.364 bits per heavy atom. The minimum Gasteiger partial charge on any atom is -0.494 e. The van der Waals surface area contributed by atoms with Crippen molar-refractivity contribution in [1.82, 2.24) is 0 Å². The minimum atomic E-state index is -3.35. The summed E-state index contributed by atoms with van der Waals surface area (Å²) in [6.07, 6.45) is 65.7. The highest BCUT2D eigenvalue weighted by atomic mass is 28.4. The summed E-state index contributed by atoms with van der Waals surface area (Å²) >= 11 is 0. The summed E-state index contributed by atoms with van der Waals surface area (Å²) in [5, 5.41) is 2.86. The maximum atomic E-state index is 13.0. The van der Waals surface area contributed by atoms with E-state index in [1.54, 1.807) is 0 Å². The molecule has 3 aromatic rings. The van der Waals surface area contributed by atoms with E-state index >= 15 is 0 Å². The van der Waals surface area contributed by atoms with Crippen LogP contribution in [0.3, 0.4) is 0 Å². The molecule has 77 heavy (non-hydrogen) atoms. The molecule has 0 saturated heterocycles. The van der Waals surface area contributed by atoms with E-state index in [4.69, 9.17) is 14.2 Å². The summed E-state index contributed by atoms with van der Waals surface area (Å²) in [6, 6.07) is 24.9. The van der Waals surface area contributed by atoms with Crippen LogP contribution in [0.25, 0.3) is 0 Å². The fourth-order valence-electron chi connectivity index (χ4n) is 11.4. The van der Waals surface area contributed by atoms with Gasteiger partial charge in [0, 0.05) is 0 Å². The molecule has 440 valence electrons. The lowest BCUT2D eigenvalue weighted by atomic mass is 10.0. The second-order valence-electron chi connectivity index (χ2n) is 23.7. The highest BCUT2D eigenvalue weighted by Gasteiger charge is 2.38. The zero-order valence-corrected chi connectivity index (χ0v) is 52.2. The van der Waals surface area contributed by atoms with Crippen LogP contribution in [0.2, 0.25) is 0 Å². The molecule has 0 aliphatic rings. The molecular formula is C72H124O4Si. The van der Waals surface area contributed by atoms with Crippen LogP contribution in [0.1, 0.15) is 329 Å². The summed E-state index contributed by atoms with van der Waals surface area (Å²) in [6.45, 7) is 9.11. The first-order valence-electron chi connectivity index (χ1n) is 34.0. The molecule has 0 bridgehead atoms. The second-order valence-corrected chi connectivity index (χ2v) is 26.9. The monoisotopic (exact) mass is 1080 g/mol. The number of benzene rings is 3. The van der Waals surface area contributed by atoms with Crippen LogP contribution in [0.4, 0.5) is 0 Å². The third-order valence-electron chi connectivity index (χ3n) is 16.6. The first-order chi connectivity index (χ1) is 38.1. The van der Waals surface area contributed by atoms with Crippen LogP contribution < -0.4 is 29.8 Å². The standard InChI is InChI=1S/C72H124O4Si/c1-4-7-10-13-16-19-22-25-28-31-34-37-40-43-46-49-64-74-67-52-58-70(59-53-67)77(73,71-60-54-68(55-61-71)75-65-50-47-44-41-38-35-32-29-26-23-20-17-14-11-8-5-2)72-62-56-69(57-63-72)76-66-51-48-45-42-39-36-33-30-27-24-21-18-15-12-9-6-3/h52-63,73H,4-51,64-66H2,1-3H3. The van der Waals surface area contributed by atoms with Crippen LogP contribution in [-0.4, -0.2) is 32.9 Å². The molecule has 0 saturated carbocycles. The van der Waals surface area contributed by atoms with Gasteiger partial charge in [0.05, 0.1) is 19.8 Å². The lowest BCUT2D eigenvalue weighted by molar-refractivity contribution is 0.304. The van der Waals surface area contributed by atoms with Crippen LogP contribution in [0.15, 0.2) is 72.8 Å². The molecule has 5 heteroatoms. The SMILES string of the molecule is CCCCCCCCCCCCCCCCCCOc1ccc([Si](O)(c2ccc(OCCCCCCCCCCCCCCCCCC)cc2)c2ccc(OCCCCCCCCCCCCCCCCCC)cc2)cc1. The molecule has 0 amide bonds. The van der Waals surface area contributed by atoms with Gasteiger partial charge in [0.2, 0.25) is 0 Å². The summed E-state index contributed by atoms with van der Waals surface area (Å²) < 4.78 is 18.8. The van der Waals surface area contributed by atoms with Crippen molar-refractivity contribution in [3.8, 4) is 17.2 Å². The van der Waals surface area contributed by atoms with Crippen LogP contribution >= 0.6 is 0 Å². The van der Waals surface area contributed by atoms with Crippen molar-refractivity contribution < 1.29 is 19.0 Å². The van der Waals surface area contributed by atoms with E-state index in [2.05, 4.69) is 93.6 Å². The predicted octanol–water partition coefficient (Wildman–Crippen LogP) is 21.6. The number of rotatable bonds is 57. The van der Waals surface area contributed by atoms with Gasteiger partial charge in [-0.15, -0.1) is 0 Å². The van der Waals surface area contributed by atoms with Crippen molar-refractivity contribution >= 4 is 23.9 Å². The Balaban J connectivity index is 1.40. The average molecular weight is 1080 g/mol. The van der Waals surface area contributed by atoms with Gasteiger partial charge < -0.3 is 19.0 Å². The topological polar surface area (TPSA) is 47.9 Å². The molecule has 3 rings (SSSR count). The quantitative estimate of drug-likeness (QED) is 0.0348. The smallest absolute Gasteiger partial charge is 0.285 e. The second kappa shape index (κ2) is 50.2. The average Bonchev–Trinajstić information content (AvgIpc) is 3.52. The maximum Gasteiger partial charge on any atom is 0.285 e. The lowest BCUT2D eigenvalue weighted by Crippen LogP contribution is -2.67. The van der Waals surface area contributed by atoms with Crippen molar-refractivity contribution in [2.75, 3.05) is 19.8 Å². The zero-order valence-electron chi connectivity index (χ0n) is 51.2. The van der Waals surface area contributed by atoms with E-state index in [1.807, 2.05) is 0 Å². The van der Waals surface area contributed by atoms with E-state index < -0.39 is 8.32 Å². The van der Waals surface area contributed by atoms with Gasteiger partial charge in [0.15, 0.2) is 0 Å². The number of hydrogen-bond donors (Lipinski definition) is 1. The lowest BCUT2D eigenvalue weighted by Gasteiger charge is -2.27. The van der Waals surface area contributed by atoms with Gasteiger partial charge in [0.1, 0.15) is 17.2 Å². The van der Waals surface area contributed by atoms with Crippen LogP contribution in [-0.2, 0) is 0 Å². The predicted molar refractivity (Wildman–Crippen MR) is 341 cm³/mol. The molecule has 0 unspecified atom stereocenters. The van der Waals surface area contributed by atoms with Crippen LogP contribution in [0, 0.1) is 0 Å². The molecule has 1 N–H and O–H groups in total. The van der Waals surface area contributed by atoms with Crippen molar-refractivity contribution in [3.63, 3.8) is 0 Å². The molecule has 0 atom stereocenters. The third kappa shape index (κ3) is 35.6. The van der Waals surface area contributed by atoms with Crippen molar-refractivity contribution in [2.45, 2.75) is 329 Å². The van der Waals surface area contributed by atoms with Gasteiger partial charge in [-0.25, -0.2) is 0 Å². The highest BCUT2D eigenvalue weighted by molar-refractivity contribution is 7.06. The Morgan fingerprint density at radius 3 is 0.519 bits per heavy atom. The van der Waals surface area contributed by atoms with Crippen molar-refractivity contribution in [1.29, 1.82) is 0 Å². The maximum absolute atomic E-state index is 13.0. The number of hydrogen-bond acceptors (Lipinski definition) is 4. The number of unbranched alkanes of at least 4 members (excludes halogenated alkanes) is 45. The van der Waals surface area contributed by atoms with E-state index in [9.17, 15) is 4.80 Å². The van der Waals surface area contributed by atoms with Gasteiger partial charge in [-0.3, -0.25) is 0 Å². The van der Waals surface area contributed by atoms with Gasteiger partial charge in [0.25, 0.3) is 8.32 Å². The first-order valence-corrected chi connectivity index (χ1v) is 36.0. The van der Waals surface area contributed by atoms with Gasteiger partial charge in [-0.2, -0.15) is 0 Å². The fraction of sp³-hybridized carbons (Fsp3) is 0.750. The van der Waals surface area contributed by atoms with Gasteiger partial charge in [-0.05, 0) is 71.2 Å². The van der Waals surface area contributed by atoms with Gasteiger partial charge >= 0.3 is 0 Å². The molecule has 0 fully saturated rings. The Kier molecular flexibility index (Phi) is 44.7. The Morgan fingerprint density at radius 1 is 0.221 bits per heavy atom. The minimum absolute atomic E-state index is 0.737. The Hall–Kier alpha value is -2.76. The van der Waals surface area contributed by atoms with Crippen molar-refractivity contribution in [2.24, 2.45) is 0 Å². The third-order valence-corrected chi connectivity index (χ3v) is 20.1. The van der Waals surface area contributed by atoms with E-state index in [1.165, 1.54) is 289 Å². The summed E-state index contributed by atoms with van der Waals surface area (Å²) in [7, 11) is -3.35. The largest absolute Gasteiger partial charge is 0.494 e. The zero-order chi connectivity index (χ0) is 54.6. The molecule has 0 heterocycles. The van der Waals surface area contributed by atoms with Crippen molar-refractivity contribution in [3.05, 3.63) is 72.8 Å². The van der Waals surface area contributed by atoms with E-state index in [0.29, 0.717) is 0 Å². The molecule has 0 aliphatic carbocycles. The normalized spacial score (nSPS) is 11.7. The molecule has 0 spiro atoms. The van der Waals surface area contributed by atoms with Gasteiger partial charge in [-0.1, -0.05) is 346 Å². The molecule has 0 aliphatic heterocycles. The molecule has 0 radical (unpaired) electrons. The molecule has 3 aromatic carbocycles. The summed E-state index contributed by atoms with van der Waals surface area (Å²) in [4.78, 5) is 13.0. The fourth-order valence-corrected chi connectivity index (χ4v) is 14.3. The number of ether oxygens (including phenoxy) is 3. The molecule has 0 aromatic heterocycles.